The number of nitrogens with one attached hydrogen (secondary N) is 1. The maximum atomic E-state index is 5.51. The second-order valence-electron chi connectivity index (χ2n) is 5.65. The molecule has 0 radical (unpaired) electrons. The van der Waals surface area contributed by atoms with E-state index in [2.05, 4.69) is 19.2 Å². The van der Waals surface area contributed by atoms with E-state index in [0.717, 1.165) is 31.0 Å². The van der Waals surface area contributed by atoms with Gasteiger partial charge < -0.3 is 10.1 Å². The largest absolute Gasteiger partial charge is 0.371 e. The third kappa shape index (κ3) is 2.40. The van der Waals surface area contributed by atoms with Crippen LogP contribution in [0.2, 0.25) is 0 Å². The topological polar surface area (TPSA) is 47.0 Å². The molecule has 1 aliphatic rings. The van der Waals surface area contributed by atoms with Crippen LogP contribution < -0.4 is 5.32 Å². The van der Waals surface area contributed by atoms with E-state index in [4.69, 9.17) is 14.7 Å². The predicted molar refractivity (Wildman–Crippen MR) is 71.6 cm³/mol. The highest BCUT2D eigenvalue weighted by atomic mass is 16.5. The Bertz CT molecular complexity index is 441. The van der Waals surface area contributed by atoms with Gasteiger partial charge in [0.15, 0.2) is 5.82 Å². The van der Waals surface area contributed by atoms with Crippen molar-refractivity contribution in [2.24, 2.45) is 0 Å². The Kier molecular flexibility index (Phi) is 3.69. The summed E-state index contributed by atoms with van der Waals surface area (Å²) >= 11 is 0. The fourth-order valence-corrected chi connectivity index (χ4v) is 2.21. The van der Waals surface area contributed by atoms with Gasteiger partial charge in [-0.15, -0.1) is 0 Å². The van der Waals surface area contributed by atoms with Crippen LogP contribution in [-0.4, -0.2) is 23.6 Å². The van der Waals surface area contributed by atoms with Crippen LogP contribution in [0.4, 0.5) is 0 Å². The summed E-state index contributed by atoms with van der Waals surface area (Å²) in [5.74, 6) is 1.21. The SMILES string of the molecule is COC(C)(C)c1nc2c(c(C(C)C)n1)CNCC2. The summed E-state index contributed by atoms with van der Waals surface area (Å²) in [6.07, 6.45) is 0.977. The number of methoxy groups -OCH3 is 1. The van der Waals surface area contributed by atoms with Gasteiger partial charge in [0, 0.05) is 32.2 Å². The maximum absolute atomic E-state index is 5.51. The molecule has 1 aromatic rings. The molecule has 4 nitrogen and oxygen atoms in total. The molecule has 100 valence electrons. The summed E-state index contributed by atoms with van der Waals surface area (Å²) < 4.78 is 5.51. The van der Waals surface area contributed by atoms with Crippen molar-refractivity contribution in [3.8, 4) is 0 Å². The zero-order valence-electron chi connectivity index (χ0n) is 12.0. The molecule has 1 N–H and O–H groups in total. The van der Waals surface area contributed by atoms with Gasteiger partial charge >= 0.3 is 0 Å². The van der Waals surface area contributed by atoms with Crippen molar-refractivity contribution in [2.75, 3.05) is 13.7 Å². The molecule has 0 atom stereocenters. The molecule has 1 aliphatic heterocycles. The Morgan fingerprint density at radius 2 is 2.00 bits per heavy atom. The smallest absolute Gasteiger partial charge is 0.160 e. The lowest BCUT2D eigenvalue weighted by Crippen LogP contribution is -2.31. The number of nitrogens with zero attached hydrogens (tertiary/aromatic N) is 2. The standard InChI is InChI=1S/C14H23N3O/c1-9(2)12-10-8-15-7-6-11(10)16-13(17-12)14(3,4)18-5/h9,15H,6-8H2,1-5H3. The third-order valence-electron chi connectivity index (χ3n) is 3.56. The van der Waals surface area contributed by atoms with Crippen LogP contribution in [0.5, 0.6) is 0 Å². The van der Waals surface area contributed by atoms with E-state index in [-0.39, 0.29) is 0 Å². The molecule has 0 saturated heterocycles. The lowest BCUT2D eigenvalue weighted by molar-refractivity contribution is 0.0109. The first-order valence-electron chi connectivity index (χ1n) is 6.61. The van der Waals surface area contributed by atoms with E-state index in [1.165, 1.54) is 11.3 Å². The van der Waals surface area contributed by atoms with Crippen molar-refractivity contribution < 1.29 is 4.74 Å². The van der Waals surface area contributed by atoms with E-state index in [9.17, 15) is 0 Å². The molecule has 1 aromatic heterocycles. The summed E-state index contributed by atoms with van der Waals surface area (Å²) in [6.45, 7) is 10.3. The van der Waals surface area contributed by atoms with Crippen LogP contribution in [-0.2, 0) is 23.3 Å². The van der Waals surface area contributed by atoms with Crippen molar-refractivity contribution in [3.63, 3.8) is 0 Å². The fraction of sp³-hybridized carbons (Fsp3) is 0.714. The maximum Gasteiger partial charge on any atom is 0.160 e. The molecule has 0 bridgehead atoms. The van der Waals surface area contributed by atoms with Crippen molar-refractivity contribution in [1.29, 1.82) is 0 Å². The minimum atomic E-state index is -0.427. The highest BCUT2D eigenvalue weighted by Gasteiger charge is 2.27. The Morgan fingerprint density at radius 1 is 1.28 bits per heavy atom. The van der Waals surface area contributed by atoms with E-state index >= 15 is 0 Å². The second-order valence-corrected chi connectivity index (χ2v) is 5.65. The first-order valence-corrected chi connectivity index (χ1v) is 6.61. The molecule has 0 amide bonds. The molecule has 0 aromatic carbocycles. The highest BCUT2D eigenvalue weighted by molar-refractivity contribution is 5.31. The minimum absolute atomic E-state index is 0.410. The number of hydrogen-bond donors (Lipinski definition) is 1. The van der Waals surface area contributed by atoms with Crippen molar-refractivity contribution >= 4 is 0 Å². The highest BCUT2D eigenvalue weighted by Crippen LogP contribution is 2.27. The summed E-state index contributed by atoms with van der Waals surface area (Å²) in [5, 5.41) is 3.40. The molecule has 0 saturated carbocycles. The van der Waals surface area contributed by atoms with Crippen LogP contribution >= 0.6 is 0 Å². The molecule has 0 aliphatic carbocycles. The van der Waals surface area contributed by atoms with E-state index < -0.39 is 5.60 Å². The quantitative estimate of drug-likeness (QED) is 0.891. The number of hydrogen-bond acceptors (Lipinski definition) is 4. The number of fused-ring (bicyclic) bond motifs is 1. The van der Waals surface area contributed by atoms with Crippen LogP contribution in [0.3, 0.4) is 0 Å². The van der Waals surface area contributed by atoms with E-state index in [1.54, 1.807) is 7.11 Å². The van der Waals surface area contributed by atoms with Crippen LogP contribution in [0.1, 0.15) is 56.4 Å². The molecule has 2 rings (SSSR count). The Balaban J connectivity index is 2.55. The van der Waals surface area contributed by atoms with Gasteiger partial charge in [-0.25, -0.2) is 9.97 Å². The van der Waals surface area contributed by atoms with Crippen molar-refractivity contribution in [1.82, 2.24) is 15.3 Å². The van der Waals surface area contributed by atoms with Gasteiger partial charge in [-0.05, 0) is 19.8 Å². The molecular formula is C14H23N3O. The lowest BCUT2D eigenvalue weighted by atomic mass is 9.97. The molecule has 2 heterocycles. The summed E-state index contributed by atoms with van der Waals surface area (Å²) in [5.41, 5.74) is 3.20. The molecule has 0 fully saturated rings. The van der Waals surface area contributed by atoms with Gasteiger partial charge in [0.1, 0.15) is 5.60 Å². The predicted octanol–water partition coefficient (Wildman–Crippen LogP) is 2.13. The first-order chi connectivity index (χ1) is 8.45. The molecule has 4 heteroatoms. The number of rotatable bonds is 3. The van der Waals surface area contributed by atoms with Gasteiger partial charge in [0.25, 0.3) is 0 Å². The van der Waals surface area contributed by atoms with Crippen LogP contribution in [0.15, 0.2) is 0 Å². The lowest BCUT2D eigenvalue weighted by Gasteiger charge is -2.27. The van der Waals surface area contributed by atoms with Crippen LogP contribution in [0.25, 0.3) is 0 Å². The summed E-state index contributed by atoms with van der Waals surface area (Å²) in [7, 11) is 1.71. The Labute approximate surface area is 109 Å². The van der Waals surface area contributed by atoms with Gasteiger partial charge in [0.05, 0.1) is 11.4 Å². The average molecular weight is 249 g/mol. The van der Waals surface area contributed by atoms with Crippen molar-refractivity contribution in [2.45, 2.75) is 52.2 Å². The van der Waals surface area contributed by atoms with Crippen molar-refractivity contribution in [3.05, 3.63) is 22.8 Å². The monoisotopic (exact) mass is 249 g/mol. The van der Waals surface area contributed by atoms with Gasteiger partial charge in [-0.2, -0.15) is 0 Å². The second kappa shape index (κ2) is 4.94. The minimum Gasteiger partial charge on any atom is -0.371 e. The number of ether oxygens (including phenoxy) is 1. The van der Waals surface area contributed by atoms with Gasteiger partial charge in [-0.3, -0.25) is 0 Å². The fourth-order valence-electron chi connectivity index (χ4n) is 2.21. The van der Waals surface area contributed by atoms with Crippen LogP contribution in [0, 0.1) is 0 Å². The van der Waals surface area contributed by atoms with E-state index in [0.29, 0.717) is 5.92 Å². The average Bonchev–Trinajstić information content (AvgIpc) is 2.37. The molecule has 0 unspecified atom stereocenters. The zero-order valence-corrected chi connectivity index (χ0v) is 12.0. The summed E-state index contributed by atoms with van der Waals surface area (Å²) in [4.78, 5) is 9.47. The molecule has 18 heavy (non-hydrogen) atoms. The van der Waals surface area contributed by atoms with E-state index in [1.807, 2.05) is 13.8 Å². The number of aromatic nitrogens is 2. The Morgan fingerprint density at radius 3 is 2.61 bits per heavy atom. The molecular weight excluding hydrogens is 226 g/mol. The van der Waals surface area contributed by atoms with Gasteiger partial charge in [0.2, 0.25) is 0 Å². The summed E-state index contributed by atoms with van der Waals surface area (Å²) in [6, 6.07) is 0. The first kappa shape index (κ1) is 13.4. The normalized spacial score (nSPS) is 15.9. The molecule has 0 spiro atoms. The zero-order chi connectivity index (χ0) is 13.3. The van der Waals surface area contributed by atoms with Gasteiger partial charge in [-0.1, -0.05) is 13.8 Å². The Hall–Kier alpha value is -1.00. The third-order valence-corrected chi connectivity index (χ3v) is 3.56.